The number of benzene rings is 1. The quantitative estimate of drug-likeness (QED) is 0.813. The van der Waals surface area contributed by atoms with Crippen LogP contribution < -0.4 is 10.1 Å². The van der Waals surface area contributed by atoms with Gasteiger partial charge in [-0.1, -0.05) is 19.1 Å². The summed E-state index contributed by atoms with van der Waals surface area (Å²) >= 11 is 0. The van der Waals surface area contributed by atoms with Crippen LogP contribution in [0.2, 0.25) is 0 Å². The molecule has 1 aromatic rings. The van der Waals surface area contributed by atoms with Gasteiger partial charge in [0.25, 0.3) is 0 Å². The Labute approximate surface area is 113 Å². The van der Waals surface area contributed by atoms with Crippen molar-refractivity contribution in [2.24, 2.45) is 0 Å². The van der Waals surface area contributed by atoms with E-state index in [2.05, 4.69) is 5.32 Å². The highest BCUT2D eigenvalue weighted by atomic mass is 31.2. The second-order valence-corrected chi connectivity index (χ2v) is 6.52. The first kappa shape index (κ1) is 14.5. The fourth-order valence-electron chi connectivity index (χ4n) is 2.31. The summed E-state index contributed by atoms with van der Waals surface area (Å²) < 4.78 is 22.7. The zero-order valence-corrected chi connectivity index (χ0v) is 12.2. The Balaban J connectivity index is 2.29. The van der Waals surface area contributed by atoms with E-state index in [4.69, 9.17) is 9.26 Å². The Bertz CT molecular complexity index is 477. The molecule has 1 aliphatic rings. The van der Waals surface area contributed by atoms with Crippen LogP contribution >= 0.6 is 7.60 Å². The SMILES string of the molecule is CCCP(=O)(O)OC1NCCc2cccc(OC)c21. The highest BCUT2D eigenvalue weighted by Gasteiger charge is 2.30. The van der Waals surface area contributed by atoms with Gasteiger partial charge in [-0.3, -0.25) is 14.4 Å². The van der Waals surface area contributed by atoms with Gasteiger partial charge in [-0.25, -0.2) is 0 Å². The first-order valence-corrected chi connectivity index (χ1v) is 8.23. The second-order valence-electron chi connectivity index (χ2n) is 4.58. The van der Waals surface area contributed by atoms with Crippen molar-refractivity contribution >= 4 is 7.60 Å². The van der Waals surface area contributed by atoms with E-state index in [1.54, 1.807) is 7.11 Å². The highest BCUT2D eigenvalue weighted by molar-refractivity contribution is 7.52. The molecule has 0 aliphatic carbocycles. The lowest BCUT2D eigenvalue weighted by Crippen LogP contribution is -2.31. The minimum absolute atomic E-state index is 0.162. The summed E-state index contributed by atoms with van der Waals surface area (Å²) in [5.74, 6) is 0.686. The standard InChI is InChI=1S/C13H20NO4P/c1-3-9-19(15,16)18-13-12-10(7-8-14-13)5-4-6-11(12)17-2/h4-6,13-14H,3,7-9H2,1-2H3,(H,15,16). The molecule has 0 saturated heterocycles. The lowest BCUT2D eigenvalue weighted by Gasteiger charge is -2.29. The number of methoxy groups -OCH3 is 1. The maximum Gasteiger partial charge on any atom is 0.329 e. The lowest BCUT2D eigenvalue weighted by molar-refractivity contribution is 0.134. The molecule has 2 rings (SSSR count). The monoisotopic (exact) mass is 285 g/mol. The van der Waals surface area contributed by atoms with Crippen molar-refractivity contribution in [3.63, 3.8) is 0 Å². The van der Waals surface area contributed by atoms with Crippen LogP contribution in [-0.4, -0.2) is 24.7 Å². The van der Waals surface area contributed by atoms with Crippen LogP contribution in [0.5, 0.6) is 5.75 Å². The van der Waals surface area contributed by atoms with Crippen LogP contribution in [0.15, 0.2) is 18.2 Å². The zero-order valence-electron chi connectivity index (χ0n) is 11.3. The van der Waals surface area contributed by atoms with E-state index < -0.39 is 13.8 Å². The number of ether oxygens (including phenoxy) is 1. The van der Waals surface area contributed by atoms with Gasteiger partial charge in [0.2, 0.25) is 0 Å². The molecule has 0 aromatic heterocycles. The third-order valence-electron chi connectivity index (χ3n) is 3.14. The van der Waals surface area contributed by atoms with Gasteiger partial charge in [0.15, 0.2) is 0 Å². The van der Waals surface area contributed by atoms with Gasteiger partial charge in [0.1, 0.15) is 12.0 Å². The molecule has 1 aromatic carbocycles. The maximum absolute atomic E-state index is 11.9. The molecule has 1 heterocycles. The van der Waals surface area contributed by atoms with Gasteiger partial charge in [0, 0.05) is 18.3 Å². The molecule has 5 nitrogen and oxygen atoms in total. The average Bonchev–Trinajstić information content (AvgIpc) is 2.37. The fourth-order valence-corrected chi connectivity index (χ4v) is 3.49. The van der Waals surface area contributed by atoms with Gasteiger partial charge in [0.05, 0.1) is 7.11 Å². The van der Waals surface area contributed by atoms with Crippen LogP contribution in [0.4, 0.5) is 0 Å². The summed E-state index contributed by atoms with van der Waals surface area (Å²) in [4.78, 5) is 9.81. The van der Waals surface area contributed by atoms with Crippen molar-refractivity contribution < 1.29 is 18.7 Å². The Kier molecular flexibility index (Phi) is 4.63. The van der Waals surface area contributed by atoms with E-state index in [0.717, 1.165) is 24.1 Å². The molecule has 2 unspecified atom stereocenters. The molecule has 0 amide bonds. The van der Waals surface area contributed by atoms with Gasteiger partial charge >= 0.3 is 7.60 Å². The summed E-state index contributed by atoms with van der Waals surface area (Å²) in [5, 5.41) is 3.13. The zero-order chi connectivity index (χ0) is 13.9. The first-order chi connectivity index (χ1) is 9.07. The normalized spacial score (nSPS) is 21.5. The summed E-state index contributed by atoms with van der Waals surface area (Å²) in [6.07, 6.45) is 1.05. The van der Waals surface area contributed by atoms with Gasteiger partial charge < -0.3 is 9.63 Å². The van der Waals surface area contributed by atoms with E-state index in [9.17, 15) is 9.46 Å². The van der Waals surface area contributed by atoms with Crippen LogP contribution in [-0.2, 0) is 15.5 Å². The number of hydrogen-bond donors (Lipinski definition) is 2. The van der Waals surface area contributed by atoms with Crippen molar-refractivity contribution in [3.05, 3.63) is 29.3 Å². The Morgan fingerprint density at radius 1 is 1.53 bits per heavy atom. The lowest BCUT2D eigenvalue weighted by atomic mass is 9.99. The summed E-state index contributed by atoms with van der Waals surface area (Å²) in [6.45, 7) is 2.58. The molecule has 0 spiro atoms. The van der Waals surface area contributed by atoms with Crippen molar-refractivity contribution in [2.45, 2.75) is 26.0 Å². The van der Waals surface area contributed by atoms with E-state index in [-0.39, 0.29) is 6.16 Å². The molecule has 0 radical (unpaired) electrons. The molecule has 0 bridgehead atoms. The van der Waals surface area contributed by atoms with Crippen molar-refractivity contribution in [1.82, 2.24) is 5.32 Å². The van der Waals surface area contributed by atoms with Crippen molar-refractivity contribution in [1.29, 1.82) is 0 Å². The first-order valence-electron chi connectivity index (χ1n) is 6.47. The predicted octanol–water partition coefficient (Wildman–Crippen LogP) is 2.45. The third kappa shape index (κ3) is 3.37. The number of nitrogens with one attached hydrogen (secondary N) is 1. The fraction of sp³-hybridized carbons (Fsp3) is 0.538. The molecular formula is C13H20NO4P. The predicted molar refractivity (Wildman–Crippen MR) is 73.5 cm³/mol. The van der Waals surface area contributed by atoms with Crippen LogP contribution in [0.1, 0.15) is 30.7 Å². The smallest absolute Gasteiger partial charge is 0.329 e. The Morgan fingerprint density at radius 3 is 3.00 bits per heavy atom. The van der Waals surface area contributed by atoms with Crippen molar-refractivity contribution in [2.75, 3.05) is 19.8 Å². The molecule has 2 N–H and O–H groups in total. The highest BCUT2D eigenvalue weighted by Crippen LogP contribution is 2.48. The summed E-state index contributed by atoms with van der Waals surface area (Å²) in [7, 11) is -1.98. The molecule has 6 heteroatoms. The van der Waals surface area contributed by atoms with Gasteiger partial charge in [-0.05, 0) is 24.5 Å². The minimum Gasteiger partial charge on any atom is -0.496 e. The topological polar surface area (TPSA) is 67.8 Å². The Morgan fingerprint density at radius 2 is 2.32 bits per heavy atom. The van der Waals surface area contributed by atoms with Crippen LogP contribution in [0, 0.1) is 0 Å². The van der Waals surface area contributed by atoms with Crippen LogP contribution in [0.25, 0.3) is 0 Å². The largest absolute Gasteiger partial charge is 0.496 e. The number of rotatable bonds is 5. The molecule has 2 atom stereocenters. The van der Waals surface area contributed by atoms with E-state index in [1.165, 1.54) is 0 Å². The minimum atomic E-state index is -3.56. The third-order valence-corrected chi connectivity index (χ3v) is 4.69. The molecule has 19 heavy (non-hydrogen) atoms. The van der Waals surface area contributed by atoms with Gasteiger partial charge in [-0.15, -0.1) is 0 Å². The molecule has 0 fully saturated rings. The van der Waals surface area contributed by atoms with E-state index in [0.29, 0.717) is 12.2 Å². The number of fused-ring (bicyclic) bond motifs is 1. The molecular weight excluding hydrogens is 265 g/mol. The maximum atomic E-state index is 11.9. The number of hydrogen-bond acceptors (Lipinski definition) is 4. The molecule has 106 valence electrons. The van der Waals surface area contributed by atoms with E-state index >= 15 is 0 Å². The molecule has 0 saturated carbocycles. The van der Waals surface area contributed by atoms with Gasteiger partial charge in [-0.2, -0.15) is 0 Å². The van der Waals surface area contributed by atoms with Crippen molar-refractivity contribution in [3.8, 4) is 5.75 Å². The Hall–Kier alpha value is -0.870. The summed E-state index contributed by atoms with van der Waals surface area (Å²) in [5.41, 5.74) is 1.93. The second kappa shape index (κ2) is 6.06. The molecule has 1 aliphatic heterocycles. The summed E-state index contributed by atoms with van der Waals surface area (Å²) in [6, 6.07) is 5.76. The van der Waals surface area contributed by atoms with Crippen LogP contribution in [0.3, 0.4) is 0 Å². The average molecular weight is 285 g/mol. The van der Waals surface area contributed by atoms with E-state index in [1.807, 2.05) is 25.1 Å².